The van der Waals surface area contributed by atoms with E-state index in [-0.39, 0.29) is 18.9 Å². The smallest absolute Gasteiger partial charge is 0.322 e. The number of nitrogens with one attached hydrogen (secondary N) is 2. The lowest BCUT2D eigenvalue weighted by molar-refractivity contribution is -0.141. The van der Waals surface area contributed by atoms with Gasteiger partial charge >= 0.3 is 6.03 Å². The third kappa shape index (κ3) is 3.47. The fourth-order valence-corrected chi connectivity index (χ4v) is 4.46. The van der Waals surface area contributed by atoms with Crippen molar-refractivity contribution < 1.29 is 19.2 Å². The van der Waals surface area contributed by atoms with E-state index < -0.39 is 29.3 Å². The Morgan fingerprint density at radius 3 is 2.48 bits per heavy atom. The molecule has 1 spiro atoms. The second-order valence-corrected chi connectivity index (χ2v) is 8.11. The molecule has 0 aromatic heterocycles. The number of imide groups is 1. The van der Waals surface area contributed by atoms with Gasteiger partial charge in [0.1, 0.15) is 5.54 Å². The molecule has 2 aliphatic heterocycles. The Morgan fingerprint density at radius 2 is 1.83 bits per heavy atom. The minimum atomic E-state index is -0.888. The number of carbonyl (C=O) groups excluding carboxylic acids is 4. The molecule has 2 saturated heterocycles. The zero-order chi connectivity index (χ0) is 20.6. The highest BCUT2D eigenvalue weighted by Gasteiger charge is 2.52. The molecule has 1 aromatic rings. The van der Waals surface area contributed by atoms with Crippen LogP contribution in [-0.2, 0) is 20.8 Å². The fraction of sp³-hybridized carbons (Fsp3) is 0.524. The maximum Gasteiger partial charge on any atom is 0.344 e. The number of hydrogen-bond acceptors (Lipinski definition) is 4. The van der Waals surface area contributed by atoms with Crippen LogP contribution in [0.1, 0.15) is 51.0 Å². The molecule has 8 nitrogen and oxygen atoms in total. The molecule has 2 N–H and O–H groups in total. The summed E-state index contributed by atoms with van der Waals surface area (Å²) in [6, 6.07) is 7.09. The lowest BCUT2D eigenvalue weighted by Gasteiger charge is -2.30. The summed E-state index contributed by atoms with van der Waals surface area (Å²) in [6.45, 7) is 2.29. The van der Waals surface area contributed by atoms with Crippen LogP contribution >= 0.6 is 0 Å². The number of aryl methyl sites for hydroxylation is 1. The number of hydrazine groups is 1. The first-order valence-corrected chi connectivity index (χ1v) is 10.3. The molecule has 29 heavy (non-hydrogen) atoms. The summed E-state index contributed by atoms with van der Waals surface area (Å²) in [5, 5.41) is 3.57. The molecule has 1 saturated carbocycles. The predicted octanol–water partition coefficient (Wildman–Crippen LogP) is 1.89. The van der Waals surface area contributed by atoms with Crippen molar-refractivity contribution in [2.45, 2.75) is 57.4 Å². The molecule has 4 rings (SSSR count). The van der Waals surface area contributed by atoms with Gasteiger partial charge in [-0.2, -0.15) is 5.01 Å². The fourth-order valence-electron chi connectivity index (χ4n) is 4.46. The molecule has 0 bridgehead atoms. The van der Waals surface area contributed by atoms with Crippen molar-refractivity contribution in [2.75, 3.05) is 11.4 Å². The van der Waals surface area contributed by atoms with Gasteiger partial charge in [-0.3, -0.25) is 19.8 Å². The quantitative estimate of drug-likeness (QED) is 0.757. The highest BCUT2D eigenvalue weighted by molar-refractivity contribution is 6.08. The Balaban J connectivity index is 1.42. The number of benzene rings is 1. The molecule has 1 unspecified atom stereocenters. The lowest BCUT2D eigenvalue weighted by Crippen LogP contribution is -2.52. The van der Waals surface area contributed by atoms with Gasteiger partial charge in [-0.05, 0) is 37.0 Å². The van der Waals surface area contributed by atoms with Gasteiger partial charge in [-0.25, -0.2) is 4.79 Å². The minimum absolute atomic E-state index is 0.0517. The summed E-state index contributed by atoms with van der Waals surface area (Å²) in [7, 11) is 0. The second-order valence-electron chi connectivity index (χ2n) is 8.11. The third-order valence-corrected chi connectivity index (χ3v) is 6.24. The zero-order valence-electron chi connectivity index (χ0n) is 16.6. The van der Waals surface area contributed by atoms with Crippen LogP contribution in [0.3, 0.4) is 0 Å². The average Bonchev–Trinajstić information content (AvgIpc) is 3.22. The van der Waals surface area contributed by atoms with E-state index in [9.17, 15) is 19.2 Å². The number of nitrogens with zero attached hydrogens (tertiary/aromatic N) is 2. The Morgan fingerprint density at radius 1 is 1.14 bits per heavy atom. The normalized spacial score (nSPS) is 23.6. The van der Waals surface area contributed by atoms with Gasteiger partial charge < -0.3 is 10.2 Å². The van der Waals surface area contributed by atoms with E-state index in [1.54, 1.807) is 4.90 Å². The maximum absolute atomic E-state index is 12.8. The third-order valence-electron chi connectivity index (χ3n) is 6.24. The van der Waals surface area contributed by atoms with Crippen molar-refractivity contribution >= 4 is 29.4 Å². The molecular weight excluding hydrogens is 372 g/mol. The van der Waals surface area contributed by atoms with Gasteiger partial charge in [0.05, 0.1) is 5.92 Å². The molecule has 1 aliphatic carbocycles. The molecule has 1 aromatic carbocycles. The summed E-state index contributed by atoms with van der Waals surface area (Å²) < 4.78 is 0. The second kappa shape index (κ2) is 7.50. The van der Waals surface area contributed by atoms with Gasteiger partial charge in [0.15, 0.2) is 0 Å². The molecule has 2 heterocycles. The number of carbonyl (C=O) groups is 4. The van der Waals surface area contributed by atoms with Crippen molar-refractivity contribution in [3.8, 4) is 0 Å². The average molecular weight is 398 g/mol. The number of amides is 5. The van der Waals surface area contributed by atoms with Crippen LogP contribution in [0.25, 0.3) is 0 Å². The van der Waals surface area contributed by atoms with E-state index in [2.05, 4.69) is 17.7 Å². The number of urea groups is 1. The van der Waals surface area contributed by atoms with Crippen LogP contribution in [0.15, 0.2) is 24.3 Å². The monoisotopic (exact) mass is 398 g/mol. The number of hydrogen-bond donors (Lipinski definition) is 2. The van der Waals surface area contributed by atoms with E-state index in [0.717, 1.165) is 36.4 Å². The molecular formula is C21H26N4O4. The zero-order valence-corrected chi connectivity index (χ0v) is 16.6. The van der Waals surface area contributed by atoms with Crippen molar-refractivity contribution in [1.29, 1.82) is 0 Å². The Hall–Kier alpha value is -2.90. The van der Waals surface area contributed by atoms with Crippen molar-refractivity contribution in [1.82, 2.24) is 15.8 Å². The molecule has 1 atom stereocenters. The van der Waals surface area contributed by atoms with Crippen LogP contribution in [0.4, 0.5) is 10.5 Å². The molecule has 154 valence electrons. The summed E-state index contributed by atoms with van der Waals surface area (Å²) in [6.07, 6.45) is 4.92. The standard InChI is InChI=1S/C21H26N4O4/c1-2-14-6-8-16(9-7-14)24-13-15(12-17(24)26)18(27)23-25-19(28)21(22-20(25)29)10-4-3-5-11-21/h6-9,15H,2-5,10-13H2,1H3,(H,22,29)(H,23,27). The summed E-state index contributed by atoms with van der Waals surface area (Å²) >= 11 is 0. The topological polar surface area (TPSA) is 98.8 Å². The largest absolute Gasteiger partial charge is 0.344 e. The van der Waals surface area contributed by atoms with Gasteiger partial charge in [0, 0.05) is 18.7 Å². The van der Waals surface area contributed by atoms with Crippen LogP contribution in [0.5, 0.6) is 0 Å². The first-order valence-electron chi connectivity index (χ1n) is 10.3. The SMILES string of the molecule is CCc1ccc(N2CC(C(=O)NN3C(=O)NC4(CCCCC4)C3=O)CC2=O)cc1. The first kappa shape index (κ1) is 19.4. The van der Waals surface area contributed by atoms with Crippen molar-refractivity contribution in [2.24, 2.45) is 5.92 Å². The van der Waals surface area contributed by atoms with E-state index in [1.807, 2.05) is 24.3 Å². The molecule has 3 fully saturated rings. The Bertz CT molecular complexity index is 845. The molecule has 5 amide bonds. The van der Waals surface area contributed by atoms with Crippen LogP contribution in [0.2, 0.25) is 0 Å². The summed E-state index contributed by atoms with van der Waals surface area (Å²) in [5.74, 6) is -1.64. The van der Waals surface area contributed by atoms with Gasteiger partial charge in [-0.1, -0.05) is 38.3 Å². The van der Waals surface area contributed by atoms with E-state index >= 15 is 0 Å². The number of rotatable bonds is 4. The van der Waals surface area contributed by atoms with Crippen LogP contribution in [0, 0.1) is 5.92 Å². The van der Waals surface area contributed by atoms with E-state index in [1.165, 1.54) is 5.56 Å². The van der Waals surface area contributed by atoms with E-state index in [4.69, 9.17) is 0 Å². The Labute approximate surface area is 169 Å². The van der Waals surface area contributed by atoms with Crippen LogP contribution in [-0.4, -0.2) is 40.8 Å². The summed E-state index contributed by atoms with van der Waals surface area (Å²) in [5.41, 5.74) is 3.49. The Kier molecular flexibility index (Phi) is 5.02. The predicted molar refractivity (Wildman–Crippen MR) is 106 cm³/mol. The highest BCUT2D eigenvalue weighted by atomic mass is 16.2. The van der Waals surface area contributed by atoms with Gasteiger partial charge in [0.25, 0.3) is 5.91 Å². The maximum atomic E-state index is 12.8. The van der Waals surface area contributed by atoms with Crippen LogP contribution < -0.4 is 15.6 Å². The minimum Gasteiger partial charge on any atom is -0.322 e. The van der Waals surface area contributed by atoms with Crippen molar-refractivity contribution in [3.05, 3.63) is 29.8 Å². The van der Waals surface area contributed by atoms with Gasteiger partial charge in [0.2, 0.25) is 11.8 Å². The lowest BCUT2D eigenvalue weighted by atomic mass is 9.82. The first-order chi connectivity index (χ1) is 13.9. The van der Waals surface area contributed by atoms with Gasteiger partial charge in [-0.15, -0.1) is 0 Å². The van der Waals surface area contributed by atoms with Crippen molar-refractivity contribution in [3.63, 3.8) is 0 Å². The summed E-state index contributed by atoms with van der Waals surface area (Å²) in [4.78, 5) is 51.9. The molecule has 8 heteroatoms. The highest BCUT2D eigenvalue weighted by Crippen LogP contribution is 2.33. The molecule has 3 aliphatic rings. The molecule has 0 radical (unpaired) electrons. The number of anilines is 1. The van der Waals surface area contributed by atoms with E-state index in [0.29, 0.717) is 12.8 Å².